The molecular formula is C11H9ClO2S. The molecular weight excluding hydrogens is 232 g/mol. The van der Waals surface area contributed by atoms with Gasteiger partial charge in [-0.25, -0.2) is 4.79 Å². The molecule has 0 fully saturated rings. The molecule has 0 unspecified atom stereocenters. The lowest BCUT2D eigenvalue weighted by molar-refractivity contribution is 0.0605. The lowest BCUT2D eigenvalue weighted by Gasteiger charge is -1.95. The van der Waals surface area contributed by atoms with Gasteiger partial charge in [-0.05, 0) is 30.0 Å². The fraction of sp³-hybridized carbons (Fsp3) is 0.182. The molecule has 15 heavy (non-hydrogen) atoms. The molecule has 2 rings (SSSR count). The first-order chi connectivity index (χ1) is 7.13. The zero-order valence-corrected chi connectivity index (χ0v) is 9.91. The van der Waals surface area contributed by atoms with E-state index in [4.69, 9.17) is 16.3 Å². The van der Waals surface area contributed by atoms with Crippen molar-refractivity contribution in [3.63, 3.8) is 0 Å². The van der Waals surface area contributed by atoms with Crippen LogP contribution in [0.15, 0.2) is 18.2 Å². The number of methoxy groups -OCH3 is 1. The van der Waals surface area contributed by atoms with Gasteiger partial charge in [0, 0.05) is 9.72 Å². The summed E-state index contributed by atoms with van der Waals surface area (Å²) in [7, 11) is 1.39. The highest BCUT2D eigenvalue weighted by atomic mass is 35.5. The Morgan fingerprint density at radius 3 is 2.87 bits per heavy atom. The van der Waals surface area contributed by atoms with Gasteiger partial charge in [0.2, 0.25) is 0 Å². The molecule has 0 aliphatic carbocycles. The van der Waals surface area contributed by atoms with Gasteiger partial charge in [0.25, 0.3) is 0 Å². The first-order valence-electron chi connectivity index (χ1n) is 4.40. The number of aryl methyl sites for hydroxylation is 1. The van der Waals surface area contributed by atoms with Gasteiger partial charge in [0.1, 0.15) is 4.88 Å². The van der Waals surface area contributed by atoms with Crippen LogP contribution < -0.4 is 0 Å². The Kier molecular flexibility index (Phi) is 2.67. The molecule has 0 amide bonds. The lowest BCUT2D eigenvalue weighted by Crippen LogP contribution is -1.99. The largest absolute Gasteiger partial charge is 0.465 e. The van der Waals surface area contributed by atoms with E-state index in [1.54, 1.807) is 0 Å². The number of benzene rings is 1. The van der Waals surface area contributed by atoms with Crippen LogP contribution in [-0.2, 0) is 4.74 Å². The smallest absolute Gasteiger partial charge is 0.348 e. The maximum atomic E-state index is 11.4. The molecule has 0 saturated heterocycles. The highest BCUT2D eigenvalue weighted by Gasteiger charge is 2.15. The number of hydrogen-bond donors (Lipinski definition) is 0. The fourth-order valence-corrected chi connectivity index (χ4v) is 2.89. The molecule has 0 N–H and O–H groups in total. The third-order valence-electron chi connectivity index (χ3n) is 2.27. The van der Waals surface area contributed by atoms with Crippen molar-refractivity contribution in [3.05, 3.63) is 33.7 Å². The first-order valence-corrected chi connectivity index (χ1v) is 5.60. The monoisotopic (exact) mass is 240 g/mol. The number of rotatable bonds is 1. The van der Waals surface area contributed by atoms with E-state index >= 15 is 0 Å². The van der Waals surface area contributed by atoms with Crippen LogP contribution in [0.4, 0.5) is 0 Å². The van der Waals surface area contributed by atoms with Gasteiger partial charge in [-0.3, -0.25) is 0 Å². The van der Waals surface area contributed by atoms with Crippen molar-refractivity contribution in [1.29, 1.82) is 0 Å². The van der Waals surface area contributed by atoms with Crippen LogP contribution in [0.3, 0.4) is 0 Å². The van der Waals surface area contributed by atoms with E-state index in [0.29, 0.717) is 9.90 Å². The van der Waals surface area contributed by atoms with E-state index in [2.05, 4.69) is 0 Å². The average molecular weight is 241 g/mol. The van der Waals surface area contributed by atoms with E-state index in [-0.39, 0.29) is 5.97 Å². The number of carbonyl (C=O) groups is 1. The number of fused-ring (bicyclic) bond motifs is 1. The highest BCUT2D eigenvalue weighted by Crippen LogP contribution is 2.32. The number of ether oxygens (including phenoxy) is 1. The number of hydrogen-bond acceptors (Lipinski definition) is 3. The summed E-state index contributed by atoms with van der Waals surface area (Å²) in [6, 6.07) is 5.61. The van der Waals surface area contributed by atoms with Crippen molar-refractivity contribution in [3.8, 4) is 0 Å². The molecule has 1 heterocycles. The minimum Gasteiger partial charge on any atom is -0.465 e. The van der Waals surface area contributed by atoms with E-state index in [9.17, 15) is 4.79 Å². The zero-order valence-electron chi connectivity index (χ0n) is 8.33. The van der Waals surface area contributed by atoms with Crippen molar-refractivity contribution in [2.24, 2.45) is 0 Å². The maximum absolute atomic E-state index is 11.4. The maximum Gasteiger partial charge on any atom is 0.348 e. The summed E-state index contributed by atoms with van der Waals surface area (Å²) < 4.78 is 5.73. The van der Waals surface area contributed by atoms with Crippen LogP contribution in [-0.4, -0.2) is 13.1 Å². The van der Waals surface area contributed by atoms with Crippen molar-refractivity contribution in [2.45, 2.75) is 6.92 Å². The Hall–Kier alpha value is -1.06. The van der Waals surface area contributed by atoms with Gasteiger partial charge in [-0.15, -0.1) is 11.3 Å². The van der Waals surface area contributed by atoms with Crippen LogP contribution in [0, 0.1) is 6.92 Å². The number of thiophene rings is 1. The van der Waals surface area contributed by atoms with Crippen LogP contribution in [0.5, 0.6) is 0 Å². The average Bonchev–Trinajstić information content (AvgIpc) is 2.54. The van der Waals surface area contributed by atoms with Gasteiger partial charge in [0.05, 0.1) is 7.11 Å². The highest BCUT2D eigenvalue weighted by molar-refractivity contribution is 7.21. The predicted octanol–water partition coefficient (Wildman–Crippen LogP) is 3.65. The van der Waals surface area contributed by atoms with E-state index < -0.39 is 0 Å². The Bertz CT molecular complexity index is 531. The Balaban J connectivity index is 2.69. The molecule has 0 aliphatic rings. The molecule has 0 radical (unpaired) electrons. The number of esters is 1. The summed E-state index contributed by atoms with van der Waals surface area (Å²) in [6.07, 6.45) is 0. The molecule has 78 valence electrons. The SMILES string of the molecule is COC(=O)c1sc2cc(Cl)ccc2c1C. The summed E-state index contributed by atoms with van der Waals surface area (Å²) in [4.78, 5) is 12.1. The second kappa shape index (κ2) is 3.83. The fourth-order valence-electron chi connectivity index (χ4n) is 1.49. The minimum atomic E-state index is -0.287. The normalized spacial score (nSPS) is 10.6. The molecule has 2 aromatic rings. The summed E-state index contributed by atoms with van der Waals surface area (Å²) in [6.45, 7) is 1.92. The van der Waals surface area contributed by atoms with Gasteiger partial charge < -0.3 is 4.74 Å². The molecule has 0 bridgehead atoms. The van der Waals surface area contributed by atoms with Gasteiger partial charge in [0.15, 0.2) is 0 Å². The standard InChI is InChI=1S/C11H9ClO2S/c1-6-8-4-3-7(12)5-9(8)15-10(6)11(13)14-2/h3-5H,1-2H3. The molecule has 1 aromatic heterocycles. The quantitative estimate of drug-likeness (QED) is 0.712. The van der Waals surface area contributed by atoms with Crippen molar-refractivity contribution < 1.29 is 9.53 Å². The Morgan fingerprint density at radius 1 is 1.47 bits per heavy atom. The molecule has 0 saturated carbocycles. The molecule has 0 atom stereocenters. The van der Waals surface area contributed by atoms with Crippen LogP contribution in [0.25, 0.3) is 10.1 Å². The van der Waals surface area contributed by atoms with Gasteiger partial charge in [-0.1, -0.05) is 17.7 Å². The van der Waals surface area contributed by atoms with Crippen LogP contribution in [0.2, 0.25) is 5.02 Å². The molecule has 4 heteroatoms. The zero-order chi connectivity index (χ0) is 11.0. The summed E-state index contributed by atoms with van der Waals surface area (Å²) in [5, 5.41) is 1.74. The number of carbonyl (C=O) groups excluding carboxylic acids is 1. The third kappa shape index (κ3) is 1.73. The molecule has 0 aliphatic heterocycles. The molecule has 0 spiro atoms. The minimum absolute atomic E-state index is 0.287. The summed E-state index contributed by atoms with van der Waals surface area (Å²) >= 11 is 7.30. The van der Waals surface area contributed by atoms with Crippen molar-refractivity contribution in [1.82, 2.24) is 0 Å². The third-order valence-corrected chi connectivity index (χ3v) is 3.74. The summed E-state index contributed by atoms with van der Waals surface area (Å²) in [5.74, 6) is -0.287. The second-order valence-corrected chi connectivity index (χ2v) is 4.68. The van der Waals surface area contributed by atoms with E-state index in [1.165, 1.54) is 18.4 Å². The molecule has 1 aromatic carbocycles. The van der Waals surface area contributed by atoms with E-state index in [0.717, 1.165) is 15.6 Å². The summed E-state index contributed by atoms with van der Waals surface area (Å²) in [5.41, 5.74) is 0.957. The predicted molar refractivity (Wildman–Crippen MR) is 62.9 cm³/mol. The lowest BCUT2D eigenvalue weighted by atomic mass is 10.1. The Morgan fingerprint density at radius 2 is 2.20 bits per heavy atom. The number of halogens is 1. The van der Waals surface area contributed by atoms with Crippen LogP contribution in [0.1, 0.15) is 15.2 Å². The second-order valence-electron chi connectivity index (χ2n) is 3.19. The topological polar surface area (TPSA) is 26.3 Å². The van der Waals surface area contributed by atoms with Crippen molar-refractivity contribution in [2.75, 3.05) is 7.11 Å². The van der Waals surface area contributed by atoms with Gasteiger partial charge in [-0.2, -0.15) is 0 Å². The van der Waals surface area contributed by atoms with Crippen molar-refractivity contribution >= 4 is 39.0 Å². The van der Waals surface area contributed by atoms with E-state index in [1.807, 2.05) is 25.1 Å². The Labute approximate surface area is 96.4 Å². The first kappa shape index (κ1) is 10.5. The van der Waals surface area contributed by atoms with Crippen LogP contribution >= 0.6 is 22.9 Å². The van der Waals surface area contributed by atoms with Gasteiger partial charge >= 0.3 is 5.97 Å². The molecule has 2 nitrogen and oxygen atoms in total.